The minimum atomic E-state index is -1.20. The van der Waals surface area contributed by atoms with Gasteiger partial charge in [-0.3, -0.25) is 14.6 Å². The first-order valence-electron chi connectivity index (χ1n) is 14.6. The Morgan fingerprint density at radius 1 is 0.935 bits per heavy atom. The molecule has 8 bridgehead atoms. The minimum absolute atomic E-state index is 0. The van der Waals surface area contributed by atoms with E-state index in [2.05, 4.69) is 16.5 Å². The van der Waals surface area contributed by atoms with Gasteiger partial charge in [0, 0.05) is 68.7 Å². The first kappa shape index (κ1) is 37.0. The van der Waals surface area contributed by atoms with E-state index in [1.807, 2.05) is 45.9 Å². The molecule has 5 rings (SSSR count). The molecule has 10 nitrogen and oxygen atoms in total. The smallest absolute Gasteiger partial charge is 1.00 e. The molecule has 3 aromatic rings. The van der Waals surface area contributed by atoms with Crippen LogP contribution in [-0.2, 0) is 39.5 Å². The van der Waals surface area contributed by atoms with Crippen LogP contribution in [0.4, 0.5) is 0 Å². The summed E-state index contributed by atoms with van der Waals surface area (Å²) in [6.07, 6.45) is 2.04. The van der Waals surface area contributed by atoms with Crippen molar-refractivity contribution in [2.45, 2.75) is 72.1 Å². The topological polar surface area (TPSA) is 169 Å². The number of aryl methyl sites for hydroxylation is 3. The van der Waals surface area contributed by atoms with Crippen molar-refractivity contribution in [3.63, 3.8) is 0 Å². The van der Waals surface area contributed by atoms with E-state index in [-0.39, 0.29) is 83.5 Å². The predicted molar refractivity (Wildman–Crippen MR) is 170 cm³/mol. The van der Waals surface area contributed by atoms with E-state index in [4.69, 9.17) is 9.97 Å². The van der Waals surface area contributed by atoms with Crippen molar-refractivity contribution < 1.29 is 77.8 Å². The van der Waals surface area contributed by atoms with Crippen LogP contribution in [0.3, 0.4) is 0 Å². The fourth-order valence-electron chi connectivity index (χ4n) is 6.53. The molecular weight excluding hydrogens is 647 g/mol. The summed E-state index contributed by atoms with van der Waals surface area (Å²) < 4.78 is 0. The number of carboxylic acids is 3. The van der Waals surface area contributed by atoms with Crippen LogP contribution >= 0.6 is 0 Å². The summed E-state index contributed by atoms with van der Waals surface area (Å²) in [5.41, 5.74) is 9.27. The molecule has 0 aliphatic carbocycles. The van der Waals surface area contributed by atoms with Gasteiger partial charge < -0.3 is 26.7 Å². The fourth-order valence-corrected chi connectivity index (χ4v) is 6.53. The molecular formula is C34H37CuN4NaO6. The Bertz CT molecular complexity index is 1970. The van der Waals surface area contributed by atoms with Crippen LogP contribution in [0.2, 0.25) is 0 Å². The SMILES string of the molecule is C=CC1=C(C)c2cc3nc(c(CC(=O)O)c4[nH]c(cc5[nH]c(cc1n2)c(C)c5CC)c(C)c4C(=O)O)[C@@H](CCC(=O)O)[C@@H]3C.[Cu].[H-].[Na+]. The molecule has 5 heterocycles. The number of H-pyrrole nitrogens is 2. The summed E-state index contributed by atoms with van der Waals surface area (Å²) in [6, 6.07) is 5.70. The van der Waals surface area contributed by atoms with Gasteiger partial charge in [-0.25, -0.2) is 9.78 Å². The van der Waals surface area contributed by atoms with Crippen molar-refractivity contribution in [3.05, 3.63) is 81.4 Å². The molecule has 0 amide bonds. The second-order valence-electron chi connectivity index (χ2n) is 11.5. The largest absolute Gasteiger partial charge is 1.00 e. The van der Waals surface area contributed by atoms with Gasteiger partial charge >= 0.3 is 47.5 Å². The number of aliphatic carboxylic acids is 2. The molecule has 0 aromatic carbocycles. The van der Waals surface area contributed by atoms with E-state index < -0.39 is 30.2 Å². The van der Waals surface area contributed by atoms with Crippen LogP contribution in [-0.4, -0.2) is 53.2 Å². The van der Waals surface area contributed by atoms with Gasteiger partial charge in [-0.2, -0.15) is 0 Å². The molecule has 2 aliphatic rings. The van der Waals surface area contributed by atoms with Gasteiger partial charge in [-0.1, -0.05) is 26.5 Å². The van der Waals surface area contributed by atoms with E-state index in [9.17, 15) is 29.7 Å². The number of rotatable bonds is 8. The van der Waals surface area contributed by atoms with Crippen LogP contribution in [0.15, 0.2) is 30.9 Å². The average molecular weight is 684 g/mol. The van der Waals surface area contributed by atoms with Crippen molar-refractivity contribution in [3.8, 4) is 0 Å². The Labute approximate surface area is 300 Å². The molecule has 5 N–H and O–H groups in total. The van der Waals surface area contributed by atoms with Crippen LogP contribution in [0, 0.1) is 13.8 Å². The van der Waals surface area contributed by atoms with Gasteiger partial charge in [0.25, 0.3) is 0 Å². The molecule has 12 heteroatoms. The van der Waals surface area contributed by atoms with Crippen LogP contribution in [0.1, 0.15) is 102 Å². The van der Waals surface area contributed by atoms with Gasteiger partial charge in [0.15, 0.2) is 0 Å². The summed E-state index contributed by atoms with van der Waals surface area (Å²) in [5.74, 6) is -4.08. The van der Waals surface area contributed by atoms with E-state index in [1.165, 1.54) is 0 Å². The number of carbonyl (C=O) groups is 3. The molecule has 3 aromatic heterocycles. The number of nitrogens with zero attached hydrogens (tertiary/aromatic N) is 2. The van der Waals surface area contributed by atoms with Crippen LogP contribution < -0.4 is 29.6 Å². The number of carboxylic acid groups (broad SMARTS) is 3. The summed E-state index contributed by atoms with van der Waals surface area (Å²) >= 11 is 0. The van der Waals surface area contributed by atoms with Gasteiger partial charge in [0.2, 0.25) is 0 Å². The Kier molecular flexibility index (Phi) is 11.7. The summed E-state index contributed by atoms with van der Waals surface area (Å²) in [4.78, 5) is 53.2. The Morgan fingerprint density at radius 3 is 2.20 bits per heavy atom. The number of fused-ring (bicyclic) bond motifs is 8. The molecule has 1 radical (unpaired) electrons. The second-order valence-corrected chi connectivity index (χ2v) is 11.5. The number of aromatic nitrogens is 4. The molecule has 0 unspecified atom stereocenters. The predicted octanol–water partition coefficient (Wildman–Crippen LogP) is 3.80. The first-order chi connectivity index (χ1) is 20.9. The molecule has 2 aliphatic heterocycles. The maximum atomic E-state index is 12.7. The van der Waals surface area contributed by atoms with E-state index in [0.29, 0.717) is 28.2 Å². The number of aromatic amines is 2. The molecule has 46 heavy (non-hydrogen) atoms. The van der Waals surface area contributed by atoms with Crippen LogP contribution in [0.25, 0.3) is 33.2 Å². The number of nitrogens with one attached hydrogen (secondary N) is 2. The fraction of sp³-hybridized carbons (Fsp3) is 0.324. The number of hydrogen-bond donors (Lipinski definition) is 5. The zero-order valence-corrected chi connectivity index (χ0v) is 29.7. The number of aromatic carboxylic acids is 1. The van der Waals surface area contributed by atoms with Crippen molar-refractivity contribution >= 4 is 51.1 Å². The van der Waals surface area contributed by atoms with Crippen molar-refractivity contribution in [1.82, 2.24) is 19.9 Å². The molecule has 241 valence electrons. The third-order valence-corrected chi connectivity index (χ3v) is 8.95. The quantitative estimate of drug-likeness (QED) is 0.223. The monoisotopic (exact) mass is 683 g/mol. The van der Waals surface area contributed by atoms with Crippen molar-refractivity contribution in [1.29, 1.82) is 0 Å². The Morgan fingerprint density at radius 2 is 1.61 bits per heavy atom. The van der Waals surface area contributed by atoms with E-state index >= 15 is 0 Å². The third-order valence-electron chi connectivity index (χ3n) is 8.95. The summed E-state index contributed by atoms with van der Waals surface area (Å²) in [5, 5.41) is 29.9. The Balaban J connectivity index is 0.00000256. The number of hydrogen-bond acceptors (Lipinski definition) is 5. The second kappa shape index (κ2) is 14.5. The third kappa shape index (κ3) is 6.66. The molecule has 0 saturated carbocycles. The zero-order valence-electron chi connectivity index (χ0n) is 27.8. The summed E-state index contributed by atoms with van der Waals surface area (Å²) in [7, 11) is 0. The first-order valence-corrected chi connectivity index (χ1v) is 14.6. The minimum Gasteiger partial charge on any atom is -1.00 e. The van der Waals surface area contributed by atoms with E-state index in [1.54, 1.807) is 13.0 Å². The van der Waals surface area contributed by atoms with Gasteiger partial charge in [0.05, 0.1) is 34.6 Å². The van der Waals surface area contributed by atoms with Crippen LogP contribution in [0.5, 0.6) is 0 Å². The molecule has 0 spiro atoms. The van der Waals surface area contributed by atoms with Gasteiger partial charge in [-0.15, -0.1) is 0 Å². The summed E-state index contributed by atoms with van der Waals surface area (Å²) in [6.45, 7) is 13.7. The number of allylic oxidation sites excluding steroid dienone is 3. The Hall–Kier alpha value is -3.47. The maximum absolute atomic E-state index is 12.7. The standard InChI is InChI=1S/C34H36N4O6.Cu.Na.H/c1-7-19-15(3)23-12-25-17(5)21(9-10-29(39)40)32(37-25)22(11-30(41)42)33-31(34(43)44)18(6)26(38-33)14-28-20(8-2)16(4)24(36-28)13-27(19)35-23;;;/h7,12-14,17,21,36,38H,1,8-11H2,2-6H3,(H,39,40)(H,41,42)(H,43,44);;;/q;;+1;-1/t17-,21-;;;/m0.../s1. The van der Waals surface area contributed by atoms with Crippen molar-refractivity contribution in [2.24, 2.45) is 0 Å². The van der Waals surface area contributed by atoms with Gasteiger partial charge in [0.1, 0.15) is 0 Å². The zero-order chi connectivity index (χ0) is 32.0. The van der Waals surface area contributed by atoms with Crippen molar-refractivity contribution in [2.75, 3.05) is 0 Å². The molecule has 2 atom stereocenters. The average Bonchev–Trinajstić information content (AvgIpc) is 3.63. The van der Waals surface area contributed by atoms with E-state index in [0.717, 1.165) is 45.4 Å². The molecule has 0 fully saturated rings. The van der Waals surface area contributed by atoms with Gasteiger partial charge in [-0.05, 0) is 74.1 Å². The maximum Gasteiger partial charge on any atom is 1.00 e. The normalized spacial score (nSPS) is 15.6. The molecule has 0 saturated heterocycles.